The van der Waals surface area contributed by atoms with Crippen molar-refractivity contribution >= 4 is 23.7 Å². The predicted molar refractivity (Wildman–Crippen MR) is 377 cm³/mol. The summed E-state index contributed by atoms with van der Waals surface area (Å²) < 4.78 is 60.0. The number of carboxylic acids is 1. The molecule has 5 aliphatic heterocycles. The maximum absolute atomic E-state index is 13.8. The van der Waals surface area contributed by atoms with Gasteiger partial charge in [0.2, 0.25) is 17.7 Å². The van der Waals surface area contributed by atoms with Crippen LogP contribution in [-0.2, 0) is 66.5 Å². The number of carbonyl (C=O) groups excluding carboxylic acids is 3. The number of hydrogen-bond donors (Lipinski definition) is 20. The molecule has 5 fully saturated rings. The van der Waals surface area contributed by atoms with Gasteiger partial charge in [0.15, 0.2) is 25.2 Å². The van der Waals surface area contributed by atoms with Gasteiger partial charge in [0.1, 0.15) is 116 Å². The molecule has 0 saturated carbocycles. The Morgan fingerprint density at radius 2 is 0.981 bits per heavy atom. The molecule has 620 valence electrons. The summed E-state index contributed by atoms with van der Waals surface area (Å²) in [5.41, 5.74) is 0. The van der Waals surface area contributed by atoms with Crippen LogP contribution in [0.1, 0.15) is 201 Å². The molecule has 0 aromatic carbocycles. The monoisotopic (exact) mass is 1540 g/mol. The first-order valence-electron chi connectivity index (χ1n) is 38.5. The standard InChI is InChI=1S/C73H127N3O31/c1-5-7-9-11-13-15-17-19-20-22-24-26-28-30-32-34-52(87)76-44(45(84)33-31-29-27-25-23-21-18-16-14-12-10-8-6-2)41-98-69-61(94)59(92)63(50(39-80)101-69)103-71-62(95)67(107-73(72(96)97)35-46(85)53(74-42(3)82)66(106-73)55(88)47(86)36-77)64(51(40-81)102-71)104-68-54(75-43(4)83)65(57(90)49(38-79)99-68)105-70-60(93)58(91)56(89)48(37-78)100-70/h31,33,44-51,53-71,77-81,84-86,88-95H,5-22,24,26-30,32,34-41H2,1-4H3,(H,74,82)(H,75,83)(H,76,87)(H,96,97)/b33-31+/t44-,45+,46-,47+,48+,49+,50+,51+,53?,54+,55+,56-,57-,58-,59+,60+,61+,62+,63+,64-,65+,66?,67+,68-,69+,70-,71-,73-/m0/s1. The zero-order valence-electron chi connectivity index (χ0n) is 62.4. The lowest BCUT2D eigenvalue weighted by Gasteiger charge is -2.52. The number of aliphatic hydroxyl groups excluding tert-OH is 16. The summed E-state index contributed by atoms with van der Waals surface area (Å²) in [4.78, 5) is 53.0. The molecule has 5 rings (SSSR count). The largest absolute Gasteiger partial charge is 0.477 e. The van der Waals surface area contributed by atoms with Gasteiger partial charge >= 0.3 is 5.97 Å². The second-order valence-corrected chi connectivity index (χ2v) is 28.7. The van der Waals surface area contributed by atoms with Gasteiger partial charge in [-0.15, -0.1) is 11.8 Å². The normalized spacial score (nSPS) is 34.4. The van der Waals surface area contributed by atoms with Crippen molar-refractivity contribution in [2.45, 2.75) is 372 Å². The zero-order chi connectivity index (χ0) is 78.8. The summed E-state index contributed by atoms with van der Waals surface area (Å²) in [5.74, 6) is -1.39. The molecular weight excluding hydrogens is 1410 g/mol. The van der Waals surface area contributed by atoms with E-state index in [0.29, 0.717) is 19.3 Å². The summed E-state index contributed by atoms with van der Waals surface area (Å²) in [6, 6.07) is -4.85. The predicted octanol–water partition coefficient (Wildman–Crippen LogP) is -1.82. The molecule has 0 aromatic heterocycles. The second kappa shape index (κ2) is 49.6. The smallest absolute Gasteiger partial charge is 0.364 e. The maximum Gasteiger partial charge on any atom is 0.364 e. The molecule has 0 spiro atoms. The van der Waals surface area contributed by atoms with E-state index < -0.39 is 241 Å². The lowest BCUT2D eigenvalue weighted by atomic mass is 9.88. The van der Waals surface area contributed by atoms with Gasteiger partial charge in [-0.05, 0) is 19.3 Å². The van der Waals surface area contributed by atoms with E-state index >= 15 is 0 Å². The van der Waals surface area contributed by atoms with Crippen LogP contribution in [0.5, 0.6) is 0 Å². The van der Waals surface area contributed by atoms with Gasteiger partial charge in [-0.25, -0.2) is 4.79 Å². The number of amides is 3. The molecule has 2 unspecified atom stereocenters. The average Bonchev–Trinajstić information content (AvgIpc) is 0.750. The van der Waals surface area contributed by atoms with E-state index in [1.165, 1.54) is 96.0 Å². The number of carbonyl (C=O) groups is 4. The van der Waals surface area contributed by atoms with Crippen LogP contribution in [0.15, 0.2) is 12.2 Å². The Balaban J connectivity index is 1.41. The SMILES string of the molecule is CCCCCCCCCC#CCC/C=C/[C@@H](O)[C@H](CO[C@@H]1O[C@H](CO)[C@@H](O[C@@H]2O[C@H](CO)[C@H](O[C@@H]3O[C@H](CO)[C@H](O)[C@H](O[C@@H]4O[C@H](CO)[C@H](O)[C@H](O)[C@H]4O)[C@H]3NC(C)=O)[C@H](O[C@]3(C(=O)O)C[C@H](O)C(NC(C)=O)C([C@H](O)[C@H](O)CO)O3)[C@H]2O)[C@H](O)[C@H]1O)NC(=O)CCCCCCCCCCCCCCCCC. The molecule has 5 aliphatic rings. The number of allylic oxidation sites excluding steroid dienone is 1. The highest BCUT2D eigenvalue weighted by molar-refractivity contribution is 5.77. The summed E-state index contributed by atoms with van der Waals surface area (Å²) in [6.07, 6.45) is -20.7. The number of aliphatic hydroxyl groups is 16. The van der Waals surface area contributed by atoms with Crippen molar-refractivity contribution < 1.29 is 153 Å². The topological polar surface area (TPSA) is 541 Å². The highest BCUT2D eigenvalue weighted by Gasteiger charge is 2.62. The first-order chi connectivity index (χ1) is 51.3. The van der Waals surface area contributed by atoms with E-state index in [2.05, 4.69) is 41.6 Å². The van der Waals surface area contributed by atoms with Crippen molar-refractivity contribution in [2.24, 2.45) is 0 Å². The molecule has 0 radical (unpaired) electrons. The minimum absolute atomic E-state index is 0.116. The van der Waals surface area contributed by atoms with Crippen LogP contribution < -0.4 is 16.0 Å². The fourth-order valence-corrected chi connectivity index (χ4v) is 13.9. The fraction of sp³-hybridized carbons (Fsp3) is 0.890. The number of nitrogens with one attached hydrogen (secondary N) is 3. The van der Waals surface area contributed by atoms with E-state index in [4.69, 9.17) is 47.4 Å². The van der Waals surface area contributed by atoms with Crippen molar-refractivity contribution in [2.75, 3.05) is 39.6 Å². The van der Waals surface area contributed by atoms with Crippen LogP contribution in [0.25, 0.3) is 0 Å². The number of aliphatic carboxylic acids is 1. The Kier molecular flexibility index (Phi) is 43.5. The lowest BCUT2D eigenvalue weighted by molar-refractivity contribution is -0.403. The summed E-state index contributed by atoms with van der Waals surface area (Å²) >= 11 is 0. The number of unbranched alkanes of at least 4 members (excludes halogenated alkanes) is 22. The molecule has 5 heterocycles. The van der Waals surface area contributed by atoms with Crippen molar-refractivity contribution in [3.8, 4) is 11.8 Å². The molecule has 107 heavy (non-hydrogen) atoms. The Morgan fingerprint density at radius 3 is 1.53 bits per heavy atom. The summed E-state index contributed by atoms with van der Waals surface area (Å²) in [5, 5.41) is 197. The first kappa shape index (κ1) is 93.7. The second-order valence-electron chi connectivity index (χ2n) is 28.7. The van der Waals surface area contributed by atoms with E-state index in [0.717, 1.165) is 65.2 Å². The van der Waals surface area contributed by atoms with E-state index in [-0.39, 0.29) is 6.42 Å². The molecule has 0 aliphatic carbocycles. The minimum atomic E-state index is -3.39. The Bertz CT molecular complexity index is 2610. The third-order valence-corrected chi connectivity index (χ3v) is 20.1. The Hall–Kier alpha value is -3.86. The van der Waals surface area contributed by atoms with Gasteiger partial charge in [0, 0.05) is 39.5 Å². The van der Waals surface area contributed by atoms with Crippen molar-refractivity contribution in [1.29, 1.82) is 0 Å². The van der Waals surface area contributed by atoms with Crippen molar-refractivity contribution in [3.05, 3.63) is 12.2 Å². The van der Waals surface area contributed by atoms with Crippen LogP contribution in [0.3, 0.4) is 0 Å². The molecule has 0 bridgehead atoms. The molecule has 34 nitrogen and oxygen atoms in total. The molecule has 34 heteroatoms. The first-order valence-corrected chi connectivity index (χ1v) is 38.5. The van der Waals surface area contributed by atoms with Crippen LogP contribution >= 0.6 is 0 Å². The van der Waals surface area contributed by atoms with Crippen LogP contribution in [0.4, 0.5) is 0 Å². The van der Waals surface area contributed by atoms with E-state index in [1.807, 2.05) is 0 Å². The van der Waals surface area contributed by atoms with Gasteiger partial charge in [0.25, 0.3) is 5.79 Å². The van der Waals surface area contributed by atoms with Crippen molar-refractivity contribution in [3.63, 3.8) is 0 Å². The Morgan fingerprint density at radius 1 is 0.514 bits per heavy atom. The maximum atomic E-state index is 13.8. The van der Waals surface area contributed by atoms with Crippen LogP contribution in [0, 0.1) is 11.8 Å². The summed E-state index contributed by atoms with van der Waals surface area (Å²) in [6.45, 7) is 0.235. The van der Waals surface area contributed by atoms with Gasteiger partial charge < -0.3 is 150 Å². The van der Waals surface area contributed by atoms with Gasteiger partial charge in [0.05, 0.1) is 63.9 Å². The number of carboxylic acid groups (broad SMARTS) is 1. The third-order valence-electron chi connectivity index (χ3n) is 20.1. The van der Waals surface area contributed by atoms with Gasteiger partial charge in [-0.3, -0.25) is 14.4 Å². The number of ether oxygens (including phenoxy) is 10. The number of rotatable bonds is 49. The molecule has 0 aromatic rings. The van der Waals surface area contributed by atoms with Crippen LogP contribution in [-0.4, -0.2) is 321 Å². The Labute approximate surface area is 626 Å². The summed E-state index contributed by atoms with van der Waals surface area (Å²) in [7, 11) is 0. The molecule has 20 N–H and O–H groups in total. The quantitative estimate of drug-likeness (QED) is 0.0181. The average molecular weight is 1540 g/mol. The van der Waals surface area contributed by atoms with E-state index in [1.54, 1.807) is 6.08 Å². The number of hydrogen-bond acceptors (Lipinski definition) is 30. The van der Waals surface area contributed by atoms with Crippen molar-refractivity contribution in [1.82, 2.24) is 16.0 Å². The lowest BCUT2D eigenvalue weighted by Crippen LogP contribution is -2.72. The van der Waals surface area contributed by atoms with E-state index in [9.17, 15) is 106 Å². The minimum Gasteiger partial charge on any atom is -0.477 e. The molecule has 3 amide bonds. The third kappa shape index (κ3) is 28.9. The molecular formula is C73H127N3O31. The fourth-order valence-electron chi connectivity index (χ4n) is 13.9. The van der Waals surface area contributed by atoms with Gasteiger partial charge in [-0.2, -0.15) is 0 Å². The highest BCUT2D eigenvalue weighted by atomic mass is 16.8. The van der Waals surface area contributed by atoms with Crippen LogP contribution in [0.2, 0.25) is 0 Å². The molecule has 5 saturated heterocycles. The zero-order valence-corrected chi connectivity index (χ0v) is 62.4. The highest BCUT2D eigenvalue weighted by Crippen LogP contribution is 2.41. The van der Waals surface area contributed by atoms with Gasteiger partial charge in [-0.1, -0.05) is 154 Å². The molecule has 28 atom stereocenters.